The van der Waals surface area contributed by atoms with Crippen LogP contribution in [0.2, 0.25) is 0 Å². The zero-order chi connectivity index (χ0) is 14.5. The average Bonchev–Trinajstić information content (AvgIpc) is 2.27. The summed E-state index contributed by atoms with van der Waals surface area (Å²) < 4.78 is 24.7. The number of piperidine rings is 1. The van der Waals surface area contributed by atoms with Crippen molar-refractivity contribution in [2.75, 3.05) is 25.9 Å². The van der Waals surface area contributed by atoms with Gasteiger partial charge in [0.1, 0.15) is 5.54 Å². The highest BCUT2D eigenvalue weighted by Gasteiger charge is 2.30. The summed E-state index contributed by atoms with van der Waals surface area (Å²) in [6.45, 7) is 5.78. The fourth-order valence-corrected chi connectivity index (χ4v) is 3.31. The molecule has 6 nitrogen and oxygen atoms in total. The van der Waals surface area contributed by atoms with Gasteiger partial charge in [0, 0.05) is 6.54 Å². The fourth-order valence-electron chi connectivity index (χ4n) is 2.29. The lowest BCUT2D eigenvalue weighted by Crippen LogP contribution is -2.54. The molecule has 1 heterocycles. The molecule has 8 heteroatoms. The van der Waals surface area contributed by atoms with Crippen molar-refractivity contribution in [2.24, 2.45) is 5.92 Å². The maximum Gasteiger partial charge on any atom is 0.240 e. The molecule has 0 bridgehead atoms. The van der Waals surface area contributed by atoms with Crippen molar-refractivity contribution in [3.8, 4) is 0 Å². The van der Waals surface area contributed by atoms with Gasteiger partial charge in [-0.15, -0.1) is 12.4 Å². The lowest BCUT2D eigenvalue weighted by atomic mass is 9.96. The summed E-state index contributed by atoms with van der Waals surface area (Å²) in [5, 5.41) is 6.13. The molecule has 20 heavy (non-hydrogen) atoms. The van der Waals surface area contributed by atoms with Gasteiger partial charge in [-0.1, -0.05) is 0 Å². The third kappa shape index (κ3) is 7.42. The van der Waals surface area contributed by atoms with Gasteiger partial charge in [0.15, 0.2) is 0 Å². The molecular formula is C12H26ClN3O3S. The van der Waals surface area contributed by atoms with E-state index in [0.717, 1.165) is 25.8 Å². The minimum Gasteiger partial charge on any atom is -0.354 e. The van der Waals surface area contributed by atoms with Gasteiger partial charge in [-0.25, -0.2) is 13.1 Å². The standard InChI is InChI=1S/C12H25N3O3S.ClH/c1-12(2,15-19(3,17)18)11(16)14-8-6-10-5-4-7-13-9-10;/h10,13,15H,4-9H2,1-3H3,(H,14,16);1H. The minimum absolute atomic E-state index is 0. The predicted octanol–water partition coefficient (Wildman–Crippen LogP) is 0.242. The van der Waals surface area contributed by atoms with Gasteiger partial charge in [0.05, 0.1) is 6.26 Å². The lowest BCUT2D eigenvalue weighted by molar-refractivity contribution is -0.125. The largest absolute Gasteiger partial charge is 0.354 e. The quantitative estimate of drug-likeness (QED) is 0.652. The zero-order valence-corrected chi connectivity index (χ0v) is 14.0. The maximum absolute atomic E-state index is 11.9. The van der Waals surface area contributed by atoms with E-state index in [1.165, 1.54) is 12.8 Å². The van der Waals surface area contributed by atoms with Crippen LogP contribution in [0.1, 0.15) is 33.1 Å². The first-order chi connectivity index (χ1) is 8.71. The Hall–Kier alpha value is -0.370. The number of sulfonamides is 1. The molecular weight excluding hydrogens is 302 g/mol. The molecule has 1 fully saturated rings. The second kappa shape index (κ2) is 8.17. The molecule has 0 aromatic carbocycles. The smallest absolute Gasteiger partial charge is 0.240 e. The number of halogens is 1. The topological polar surface area (TPSA) is 87.3 Å². The Kier molecular flexibility index (Phi) is 8.01. The maximum atomic E-state index is 11.9. The molecule has 1 saturated heterocycles. The Morgan fingerprint density at radius 1 is 1.40 bits per heavy atom. The summed E-state index contributed by atoms with van der Waals surface area (Å²) in [5.41, 5.74) is -1.11. The molecule has 1 unspecified atom stereocenters. The van der Waals surface area contributed by atoms with E-state index < -0.39 is 15.6 Å². The lowest BCUT2D eigenvalue weighted by Gasteiger charge is -2.26. The van der Waals surface area contributed by atoms with Crippen molar-refractivity contribution in [2.45, 2.75) is 38.6 Å². The van der Waals surface area contributed by atoms with Crippen LogP contribution in [0.4, 0.5) is 0 Å². The minimum atomic E-state index is -3.39. The summed E-state index contributed by atoms with van der Waals surface area (Å²) in [6.07, 6.45) is 4.34. The first kappa shape index (κ1) is 19.6. The van der Waals surface area contributed by atoms with E-state index in [-0.39, 0.29) is 18.3 Å². The van der Waals surface area contributed by atoms with Crippen molar-refractivity contribution >= 4 is 28.3 Å². The van der Waals surface area contributed by atoms with Crippen LogP contribution in [-0.2, 0) is 14.8 Å². The molecule has 1 atom stereocenters. The molecule has 0 aromatic rings. The van der Waals surface area contributed by atoms with Crippen LogP contribution in [0, 0.1) is 5.92 Å². The van der Waals surface area contributed by atoms with Crippen LogP contribution >= 0.6 is 12.4 Å². The van der Waals surface area contributed by atoms with E-state index in [0.29, 0.717) is 12.5 Å². The molecule has 1 amide bonds. The zero-order valence-electron chi connectivity index (χ0n) is 12.4. The van der Waals surface area contributed by atoms with Crippen LogP contribution in [-0.4, -0.2) is 45.8 Å². The van der Waals surface area contributed by atoms with Crippen LogP contribution in [0.25, 0.3) is 0 Å². The van der Waals surface area contributed by atoms with E-state index in [9.17, 15) is 13.2 Å². The van der Waals surface area contributed by atoms with Crippen molar-refractivity contribution in [3.05, 3.63) is 0 Å². The third-order valence-electron chi connectivity index (χ3n) is 3.25. The highest BCUT2D eigenvalue weighted by Crippen LogP contribution is 2.13. The summed E-state index contributed by atoms with van der Waals surface area (Å²) in [7, 11) is -3.39. The number of nitrogens with one attached hydrogen (secondary N) is 3. The van der Waals surface area contributed by atoms with Crippen LogP contribution < -0.4 is 15.4 Å². The number of hydrogen-bond donors (Lipinski definition) is 3. The van der Waals surface area contributed by atoms with Gasteiger partial charge in [-0.3, -0.25) is 4.79 Å². The molecule has 0 aromatic heterocycles. The van der Waals surface area contributed by atoms with Crippen molar-refractivity contribution in [1.29, 1.82) is 0 Å². The molecule has 1 aliphatic heterocycles. The first-order valence-electron chi connectivity index (χ1n) is 6.69. The van der Waals surface area contributed by atoms with Crippen molar-refractivity contribution in [1.82, 2.24) is 15.4 Å². The van der Waals surface area contributed by atoms with Crippen LogP contribution in [0.15, 0.2) is 0 Å². The van der Waals surface area contributed by atoms with Gasteiger partial charge < -0.3 is 10.6 Å². The van der Waals surface area contributed by atoms with E-state index in [4.69, 9.17) is 0 Å². The molecule has 0 radical (unpaired) electrons. The van der Waals surface area contributed by atoms with E-state index in [1.54, 1.807) is 13.8 Å². The monoisotopic (exact) mass is 327 g/mol. The number of rotatable bonds is 6. The van der Waals surface area contributed by atoms with E-state index >= 15 is 0 Å². The highest BCUT2D eigenvalue weighted by atomic mass is 35.5. The van der Waals surface area contributed by atoms with Gasteiger partial charge in [-0.2, -0.15) is 0 Å². The Bertz CT molecular complexity index is 406. The molecule has 1 rings (SSSR count). The molecule has 0 aliphatic carbocycles. The number of carbonyl (C=O) groups is 1. The summed E-state index contributed by atoms with van der Waals surface area (Å²) in [5.74, 6) is 0.307. The van der Waals surface area contributed by atoms with E-state index in [1.807, 2.05) is 0 Å². The Labute approximate surface area is 127 Å². The normalized spacial score (nSPS) is 20.1. The van der Waals surface area contributed by atoms with E-state index in [2.05, 4.69) is 15.4 Å². The Morgan fingerprint density at radius 2 is 2.05 bits per heavy atom. The number of hydrogen-bond acceptors (Lipinski definition) is 4. The number of amides is 1. The predicted molar refractivity (Wildman–Crippen MR) is 82.5 cm³/mol. The van der Waals surface area contributed by atoms with Crippen LogP contribution in [0.5, 0.6) is 0 Å². The second-order valence-electron chi connectivity index (χ2n) is 5.76. The summed E-state index contributed by atoms with van der Waals surface area (Å²) in [4.78, 5) is 11.9. The molecule has 1 aliphatic rings. The van der Waals surface area contributed by atoms with Gasteiger partial charge in [0.2, 0.25) is 15.9 Å². The first-order valence-corrected chi connectivity index (χ1v) is 8.58. The Balaban J connectivity index is 0.00000361. The average molecular weight is 328 g/mol. The molecule has 3 N–H and O–H groups in total. The molecule has 0 spiro atoms. The van der Waals surface area contributed by atoms with Crippen LogP contribution in [0.3, 0.4) is 0 Å². The fraction of sp³-hybridized carbons (Fsp3) is 0.917. The highest BCUT2D eigenvalue weighted by molar-refractivity contribution is 7.88. The third-order valence-corrected chi connectivity index (χ3v) is 4.13. The summed E-state index contributed by atoms with van der Waals surface area (Å²) in [6, 6.07) is 0. The molecule has 120 valence electrons. The Morgan fingerprint density at radius 3 is 2.55 bits per heavy atom. The second-order valence-corrected chi connectivity index (χ2v) is 7.50. The van der Waals surface area contributed by atoms with Crippen molar-refractivity contribution < 1.29 is 13.2 Å². The van der Waals surface area contributed by atoms with Gasteiger partial charge >= 0.3 is 0 Å². The van der Waals surface area contributed by atoms with Gasteiger partial charge in [0.25, 0.3) is 0 Å². The van der Waals surface area contributed by atoms with Crippen molar-refractivity contribution in [3.63, 3.8) is 0 Å². The summed E-state index contributed by atoms with van der Waals surface area (Å²) >= 11 is 0. The number of carbonyl (C=O) groups excluding carboxylic acids is 1. The van der Waals surface area contributed by atoms with Gasteiger partial charge in [-0.05, 0) is 52.1 Å². The molecule has 0 saturated carbocycles. The SMILES string of the molecule is CC(C)(NS(C)(=O)=O)C(=O)NCCC1CCCNC1.Cl.